The molecule has 0 aliphatic heterocycles. The van der Waals surface area contributed by atoms with E-state index in [1.54, 1.807) is 29.7 Å². The van der Waals surface area contributed by atoms with E-state index in [-0.39, 0.29) is 30.5 Å². The third kappa shape index (κ3) is 4.65. The number of ether oxygens (including phenoxy) is 2. The molecule has 1 unspecified atom stereocenters. The molecule has 0 saturated heterocycles. The monoisotopic (exact) mass is 457 g/mol. The minimum Gasteiger partial charge on any atom is -0.488 e. The summed E-state index contributed by atoms with van der Waals surface area (Å²) in [6, 6.07) is 3.64. The van der Waals surface area contributed by atoms with Crippen molar-refractivity contribution in [1.82, 2.24) is 24.9 Å². The molecule has 10 nitrogen and oxygen atoms in total. The number of rotatable bonds is 8. The molecule has 2 aliphatic rings. The standard InChI is InChI=1S/C23H31N5O5/c1-12(2)10-27(4)23(31)32-11-16-21(25-26-28(16)5)15-7-9-17(13(3)24-15)33-18-8-6-14-19(18)20(14)22(29)30/h7,9,12,14,18-20H,6,8,10-11H2,1-5H3,(H,29,30)/t14-,18-,19-,20?/m1/s1. The number of pyridine rings is 1. The van der Waals surface area contributed by atoms with Gasteiger partial charge in [0.25, 0.3) is 0 Å². The molecule has 2 heterocycles. The number of carboxylic acid groups (broad SMARTS) is 1. The van der Waals surface area contributed by atoms with E-state index in [1.807, 2.05) is 26.8 Å². The van der Waals surface area contributed by atoms with Crippen LogP contribution in [0, 0.1) is 30.6 Å². The van der Waals surface area contributed by atoms with Crippen LogP contribution in [0.15, 0.2) is 12.1 Å². The highest BCUT2D eigenvalue weighted by Gasteiger charge is 2.63. The Morgan fingerprint density at radius 2 is 2.06 bits per heavy atom. The number of fused-ring (bicyclic) bond motifs is 1. The molecule has 33 heavy (non-hydrogen) atoms. The van der Waals surface area contributed by atoms with Crippen molar-refractivity contribution in [3.63, 3.8) is 0 Å². The van der Waals surface area contributed by atoms with Gasteiger partial charge in [-0.3, -0.25) is 4.79 Å². The van der Waals surface area contributed by atoms with Crippen LogP contribution in [0.1, 0.15) is 38.1 Å². The van der Waals surface area contributed by atoms with E-state index < -0.39 is 12.1 Å². The van der Waals surface area contributed by atoms with E-state index in [1.165, 1.54) is 0 Å². The van der Waals surface area contributed by atoms with Gasteiger partial charge in [0.1, 0.15) is 29.8 Å². The maximum absolute atomic E-state index is 12.3. The number of aryl methyl sites for hydroxylation is 2. The van der Waals surface area contributed by atoms with Crippen LogP contribution in [0.2, 0.25) is 0 Å². The number of aliphatic carboxylic acids is 1. The van der Waals surface area contributed by atoms with Crippen LogP contribution in [0.5, 0.6) is 5.75 Å². The Morgan fingerprint density at radius 1 is 1.30 bits per heavy atom. The number of hydrogen-bond acceptors (Lipinski definition) is 7. The fourth-order valence-electron chi connectivity index (χ4n) is 4.88. The fraction of sp³-hybridized carbons (Fsp3) is 0.609. The lowest BCUT2D eigenvalue weighted by molar-refractivity contribution is -0.139. The molecule has 2 fully saturated rings. The highest BCUT2D eigenvalue weighted by Crippen LogP contribution is 2.58. The van der Waals surface area contributed by atoms with Crippen molar-refractivity contribution < 1.29 is 24.2 Å². The van der Waals surface area contributed by atoms with Crippen molar-refractivity contribution >= 4 is 12.1 Å². The van der Waals surface area contributed by atoms with Gasteiger partial charge >= 0.3 is 12.1 Å². The lowest BCUT2D eigenvalue weighted by Gasteiger charge is -2.19. The first-order chi connectivity index (χ1) is 15.7. The summed E-state index contributed by atoms with van der Waals surface area (Å²) in [5, 5.41) is 17.6. The van der Waals surface area contributed by atoms with Crippen LogP contribution >= 0.6 is 0 Å². The molecule has 1 N–H and O–H groups in total. The summed E-state index contributed by atoms with van der Waals surface area (Å²) in [5.41, 5.74) is 2.48. The van der Waals surface area contributed by atoms with Crippen molar-refractivity contribution in [2.45, 2.75) is 46.3 Å². The fourth-order valence-corrected chi connectivity index (χ4v) is 4.88. The van der Waals surface area contributed by atoms with Gasteiger partial charge in [0, 0.05) is 26.6 Å². The SMILES string of the molecule is Cc1nc(-c2nnn(C)c2COC(=O)N(C)CC(C)C)ccc1O[C@@H]1CC[C@H]2C(C(=O)O)[C@@H]12. The lowest BCUT2D eigenvalue weighted by atomic mass is 10.1. The number of amides is 1. The van der Waals surface area contributed by atoms with Crippen LogP contribution in [-0.2, 0) is 23.2 Å². The van der Waals surface area contributed by atoms with E-state index in [9.17, 15) is 14.7 Å². The Hall–Kier alpha value is -3.17. The molecule has 2 aliphatic carbocycles. The second kappa shape index (κ2) is 8.99. The molecule has 10 heteroatoms. The van der Waals surface area contributed by atoms with Gasteiger partial charge in [-0.15, -0.1) is 5.10 Å². The van der Waals surface area contributed by atoms with Crippen molar-refractivity contribution in [2.24, 2.45) is 30.7 Å². The van der Waals surface area contributed by atoms with Gasteiger partial charge in [-0.05, 0) is 43.7 Å². The van der Waals surface area contributed by atoms with E-state index in [4.69, 9.17) is 9.47 Å². The molecule has 4 atom stereocenters. The van der Waals surface area contributed by atoms with Crippen LogP contribution < -0.4 is 4.74 Å². The van der Waals surface area contributed by atoms with Gasteiger partial charge in [-0.25, -0.2) is 14.5 Å². The molecule has 0 radical (unpaired) electrons. The van der Waals surface area contributed by atoms with Crippen LogP contribution in [0.4, 0.5) is 4.79 Å². The first-order valence-electron chi connectivity index (χ1n) is 11.3. The maximum Gasteiger partial charge on any atom is 0.409 e. The van der Waals surface area contributed by atoms with Gasteiger partial charge in [0.15, 0.2) is 0 Å². The van der Waals surface area contributed by atoms with Gasteiger partial charge in [-0.2, -0.15) is 0 Å². The van der Waals surface area contributed by atoms with Crippen molar-refractivity contribution in [1.29, 1.82) is 0 Å². The molecule has 0 aromatic carbocycles. The van der Waals surface area contributed by atoms with E-state index in [0.29, 0.717) is 41.0 Å². The predicted molar refractivity (Wildman–Crippen MR) is 118 cm³/mol. The molecular formula is C23H31N5O5. The Morgan fingerprint density at radius 3 is 2.70 bits per heavy atom. The molecule has 1 amide bonds. The van der Waals surface area contributed by atoms with Crippen LogP contribution in [0.3, 0.4) is 0 Å². The van der Waals surface area contributed by atoms with E-state index in [2.05, 4.69) is 15.3 Å². The second-order valence-electron chi connectivity index (χ2n) is 9.46. The Balaban J connectivity index is 1.44. The topological polar surface area (TPSA) is 120 Å². The van der Waals surface area contributed by atoms with Gasteiger partial charge < -0.3 is 19.5 Å². The summed E-state index contributed by atoms with van der Waals surface area (Å²) >= 11 is 0. The quantitative estimate of drug-likeness (QED) is 0.643. The van der Waals surface area contributed by atoms with E-state index >= 15 is 0 Å². The molecule has 2 aromatic heterocycles. The number of hydrogen-bond donors (Lipinski definition) is 1. The zero-order chi connectivity index (χ0) is 23.9. The molecule has 0 bridgehead atoms. The number of nitrogens with zero attached hydrogens (tertiary/aromatic N) is 5. The lowest BCUT2D eigenvalue weighted by Crippen LogP contribution is -2.31. The molecule has 178 valence electrons. The predicted octanol–water partition coefficient (Wildman–Crippen LogP) is 2.90. The third-order valence-corrected chi connectivity index (χ3v) is 6.51. The molecule has 4 rings (SSSR count). The number of carbonyl (C=O) groups excluding carboxylic acids is 1. The average molecular weight is 458 g/mol. The smallest absolute Gasteiger partial charge is 0.409 e. The summed E-state index contributed by atoms with van der Waals surface area (Å²) in [7, 11) is 3.45. The summed E-state index contributed by atoms with van der Waals surface area (Å²) in [6.07, 6.45) is 1.27. The average Bonchev–Trinajstić information content (AvgIpc) is 3.16. The van der Waals surface area contributed by atoms with Crippen molar-refractivity contribution in [3.05, 3.63) is 23.5 Å². The number of carbonyl (C=O) groups is 2. The van der Waals surface area contributed by atoms with Crippen LogP contribution in [-0.4, -0.2) is 61.7 Å². The third-order valence-electron chi connectivity index (χ3n) is 6.51. The van der Waals surface area contributed by atoms with Crippen molar-refractivity contribution in [2.75, 3.05) is 13.6 Å². The van der Waals surface area contributed by atoms with Crippen molar-refractivity contribution in [3.8, 4) is 17.1 Å². The summed E-state index contributed by atoms with van der Waals surface area (Å²) in [4.78, 5) is 29.8. The first-order valence-corrected chi connectivity index (χ1v) is 11.3. The summed E-state index contributed by atoms with van der Waals surface area (Å²) in [6.45, 7) is 6.56. The van der Waals surface area contributed by atoms with Gasteiger partial charge in [-0.1, -0.05) is 19.1 Å². The Bertz CT molecular complexity index is 1050. The first kappa shape index (κ1) is 23.0. The van der Waals surface area contributed by atoms with Gasteiger partial charge in [0.05, 0.1) is 17.3 Å². The molecule has 0 spiro atoms. The minimum atomic E-state index is -0.727. The number of aromatic nitrogens is 4. The zero-order valence-corrected chi connectivity index (χ0v) is 19.7. The van der Waals surface area contributed by atoms with Crippen LogP contribution in [0.25, 0.3) is 11.4 Å². The minimum absolute atomic E-state index is 0.0286. The maximum atomic E-state index is 12.3. The van der Waals surface area contributed by atoms with E-state index in [0.717, 1.165) is 12.8 Å². The summed E-state index contributed by atoms with van der Waals surface area (Å²) < 4.78 is 13.2. The summed E-state index contributed by atoms with van der Waals surface area (Å²) in [5.74, 6) is 0.318. The molecule has 2 aromatic rings. The Kier molecular flexibility index (Phi) is 6.27. The Labute approximate surface area is 192 Å². The molecular weight excluding hydrogens is 426 g/mol. The number of carboxylic acids is 1. The second-order valence-corrected chi connectivity index (χ2v) is 9.46. The molecule has 2 saturated carbocycles. The largest absolute Gasteiger partial charge is 0.488 e. The van der Waals surface area contributed by atoms with Gasteiger partial charge in [0.2, 0.25) is 0 Å². The highest BCUT2D eigenvalue weighted by molar-refractivity contribution is 5.75. The normalized spacial score (nSPS) is 23.3. The highest BCUT2D eigenvalue weighted by atomic mass is 16.6. The zero-order valence-electron chi connectivity index (χ0n) is 19.7.